The fraction of sp³-hybridized carbons (Fsp3) is 0.545. The van der Waals surface area contributed by atoms with Crippen molar-refractivity contribution >= 4 is 11.2 Å². The van der Waals surface area contributed by atoms with E-state index in [2.05, 4.69) is 28.8 Å². The molecule has 3 atom stereocenters. The summed E-state index contributed by atoms with van der Waals surface area (Å²) in [5.74, 6) is 0.499. The Balaban J connectivity index is 2.07. The van der Waals surface area contributed by atoms with Crippen LogP contribution in [-0.4, -0.2) is 25.6 Å². The van der Waals surface area contributed by atoms with Crippen LogP contribution in [0.2, 0.25) is 0 Å². The molecule has 0 bridgehead atoms. The summed E-state index contributed by atoms with van der Waals surface area (Å²) in [5, 5.41) is 0. The summed E-state index contributed by atoms with van der Waals surface area (Å²) in [4.78, 5) is 22.3. The maximum Gasteiger partial charge on any atom is 0.278 e. The SMILES string of the molecule is CC1OC(n2cnc3c(=O)[nH]cnc32)C[C@@H]1C. The van der Waals surface area contributed by atoms with Gasteiger partial charge in [0.1, 0.15) is 6.23 Å². The second-order valence-electron chi connectivity index (χ2n) is 4.56. The fourth-order valence-corrected chi connectivity index (χ4v) is 2.20. The van der Waals surface area contributed by atoms with E-state index in [0.717, 1.165) is 6.42 Å². The Bertz CT molecular complexity index is 593. The van der Waals surface area contributed by atoms with Crippen molar-refractivity contribution in [2.45, 2.75) is 32.6 Å². The van der Waals surface area contributed by atoms with Gasteiger partial charge in [-0.3, -0.25) is 9.36 Å². The predicted molar refractivity (Wildman–Crippen MR) is 61.5 cm³/mol. The number of aromatic amines is 1. The van der Waals surface area contributed by atoms with Crippen LogP contribution in [0.15, 0.2) is 17.4 Å². The number of imidazole rings is 1. The molecule has 0 spiro atoms. The molecule has 1 N–H and O–H groups in total. The first-order chi connectivity index (χ1) is 8.16. The third kappa shape index (κ3) is 1.56. The van der Waals surface area contributed by atoms with Gasteiger partial charge in [-0.15, -0.1) is 0 Å². The van der Waals surface area contributed by atoms with Crippen LogP contribution in [-0.2, 0) is 4.74 Å². The maximum absolute atomic E-state index is 11.5. The molecule has 1 fully saturated rings. The molecular formula is C11H14N4O2. The molecule has 0 aliphatic carbocycles. The van der Waals surface area contributed by atoms with E-state index >= 15 is 0 Å². The fourth-order valence-electron chi connectivity index (χ4n) is 2.20. The van der Waals surface area contributed by atoms with E-state index in [1.165, 1.54) is 6.33 Å². The Morgan fingerprint density at radius 3 is 3.00 bits per heavy atom. The topological polar surface area (TPSA) is 72.8 Å². The lowest BCUT2D eigenvalue weighted by Gasteiger charge is -2.12. The Hall–Kier alpha value is -1.69. The van der Waals surface area contributed by atoms with Crippen LogP contribution in [0.5, 0.6) is 0 Å². The molecular weight excluding hydrogens is 220 g/mol. The predicted octanol–water partition coefficient (Wildman–Crippen LogP) is 1.06. The zero-order valence-corrected chi connectivity index (χ0v) is 9.75. The smallest absolute Gasteiger partial charge is 0.278 e. The molecule has 1 aliphatic heterocycles. The Labute approximate surface area is 97.7 Å². The molecule has 3 heterocycles. The average molecular weight is 234 g/mol. The third-order valence-electron chi connectivity index (χ3n) is 3.42. The van der Waals surface area contributed by atoms with E-state index in [9.17, 15) is 4.79 Å². The Morgan fingerprint density at radius 2 is 2.29 bits per heavy atom. The van der Waals surface area contributed by atoms with Gasteiger partial charge in [0, 0.05) is 0 Å². The highest BCUT2D eigenvalue weighted by atomic mass is 16.5. The number of nitrogens with zero attached hydrogens (tertiary/aromatic N) is 3. The molecule has 17 heavy (non-hydrogen) atoms. The summed E-state index contributed by atoms with van der Waals surface area (Å²) in [6.45, 7) is 4.22. The van der Waals surface area contributed by atoms with Crippen molar-refractivity contribution in [2.75, 3.05) is 0 Å². The first-order valence-electron chi connectivity index (χ1n) is 5.72. The van der Waals surface area contributed by atoms with Crippen molar-refractivity contribution in [3.05, 3.63) is 23.0 Å². The van der Waals surface area contributed by atoms with Crippen LogP contribution >= 0.6 is 0 Å². The summed E-state index contributed by atoms with van der Waals surface area (Å²) in [7, 11) is 0. The minimum Gasteiger partial charge on any atom is -0.355 e. The van der Waals surface area contributed by atoms with E-state index in [1.807, 2.05) is 4.57 Å². The summed E-state index contributed by atoms with van der Waals surface area (Å²) in [6.07, 6.45) is 4.09. The standard InChI is InChI=1S/C11H14N4O2/c1-6-3-8(17-7(6)2)15-5-14-9-10(15)12-4-13-11(9)16/h4-8H,3H2,1-2H3,(H,12,13,16)/t6-,7?,8?/m0/s1. The summed E-state index contributed by atoms with van der Waals surface area (Å²) in [6, 6.07) is 0. The lowest BCUT2D eigenvalue weighted by atomic mass is 10.1. The molecule has 1 saturated heterocycles. The minimum atomic E-state index is -0.215. The molecule has 0 aromatic carbocycles. The normalized spacial score (nSPS) is 28.9. The van der Waals surface area contributed by atoms with Crippen LogP contribution in [0, 0.1) is 5.92 Å². The number of hydrogen-bond acceptors (Lipinski definition) is 4. The highest BCUT2D eigenvalue weighted by Crippen LogP contribution is 2.33. The first kappa shape index (κ1) is 10.5. The van der Waals surface area contributed by atoms with E-state index in [-0.39, 0.29) is 17.9 Å². The monoisotopic (exact) mass is 234 g/mol. The first-order valence-corrected chi connectivity index (χ1v) is 5.72. The molecule has 90 valence electrons. The van der Waals surface area contributed by atoms with E-state index in [4.69, 9.17) is 4.74 Å². The summed E-state index contributed by atoms with van der Waals surface area (Å²) < 4.78 is 7.67. The largest absolute Gasteiger partial charge is 0.355 e. The number of rotatable bonds is 1. The number of fused-ring (bicyclic) bond motifs is 1. The van der Waals surface area contributed by atoms with Gasteiger partial charge in [0.25, 0.3) is 5.56 Å². The molecule has 2 unspecified atom stereocenters. The quantitative estimate of drug-likeness (QED) is 0.800. The highest BCUT2D eigenvalue weighted by Gasteiger charge is 2.31. The second-order valence-corrected chi connectivity index (χ2v) is 4.56. The molecule has 1 aliphatic rings. The molecule has 0 saturated carbocycles. The molecule has 0 radical (unpaired) electrons. The van der Waals surface area contributed by atoms with Gasteiger partial charge >= 0.3 is 0 Å². The van der Waals surface area contributed by atoms with Gasteiger partial charge < -0.3 is 9.72 Å². The maximum atomic E-state index is 11.5. The minimum absolute atomic E-state index is 0.0701. The summed E-state index contributed by atoms with van der Waals surface area (Å²) >= 11 is 0. The van der Waals surface area contributed by atoms with Crippen molar-refractivity contribution < 1.29 is 4.74 Å². The van der Waals surface area contributed by atoms with Crippen LogP contribution in [0.25, 0.3) is 11.2 Å². The lowest BCUT2D eigenvalue weighted by Crippen LogP contribution is -2.11. The highest BCUT2D eigenvalue weighted by molar-refractivity contribution is 5.68. The van der Waals surface area contributed by atoms with Gasteiger partial charge in [0.15, 0.2) is 11.2 Å². The van der Waals surface area contributed by atoms with Crippen molar-refractivity contribution in [1.82, 2.24) is 19.5 Å². The summed E-state index contributed by atoms with van der Waals surface area (Å²) in [5.41, 5.74) is 0.733. The van der Waals surface area contributed by atoms with Crippen LogP contribution in [0.3, 0.4) is 0 Å². The number of H-pyrrole nitrogens is 1. The molecule has 2 aromatic heterocycles. The second kappa shape index (κ2) is 3.66. The van der Waals surface area contributed by atoms with E-state index in [1.54, 1.807) is 6.33 Å². The van der Waals surface area contributed by atoms with Crippen molar-refractivity contribution in [1.29, 1.82) is 0 Å². The third-order valence-corrected chi connectivity index (χ3v) is 3.42. The zero-order chi connectivity index (χ0) is 12.0. The van der Waals surface area contributed by atoms with Crippen LogP contribution in [0.4, 0.5) is 0 Å². The lowest BCUT2D eigenvalue weighted by molar-refractivity contribution is 0.00796. The molecule has 6 heteroatoms. The number of hydrogen-bond donors (Lipinski definition) is 1. The molecule has 2 aromatic rings. The number of aromatic nitrogens is 4. The van der Waals surface area contributed by atoms with Crippen molar-refractivity contribution in [3.8, 4) is 0 Å². The van der Waals surface area contributed by atoms with E-state index in [0.29, 0.717) is 17.1 Å². The van der Waals surface area contributed by atoms with Gasteiger partial charge in [0.2, 0.25) is 0 Å². The number of ether oxygens (including phenoxy) is 1. The average Bonchev–Trinajstić information content (AvgIpc) is 2.85. The Morgan fingerprint density at radius 1 is 1.47 bits per heavy atom. The van der Waals surface area contributed by atoms with Gasteiger partial charge in [-0.25, -0.2) is 9.97 Å². The van der Waals surface area contributed by atoms with Crippen LogP contribution in [0.1, 0.15) is 26.5 Å². The molecule has 6 nitrogen and oxygen atoms in total. The number of nitrogens with one attached hydrogen (secondary N) is 1. The zero-order valence-electron chi connectivity index (χ0n) is 9.75. The van der Waals surface area contributed by atoms with Gasteiger partial charge in [-0.05, 0) is 19.3 Å². The van der Waals surface area contributed by atoms with Crippen molar-refractivity contribution in [2.24, 2.45) is 5.92 Å². The van der Waals surface area contributed by atoms with Gasteiger partial charge in [0.05, 0.1) is 18.8 Å². The molecule has 3 rings (SSSR count). The van der Waals surface area contributed by atoms with Crippen LogP contribution < -0.4 is 5.56 Å². The van der Waals surface area contributed by atoms with Gasteiger partial charge in [-0.2, -0.15) is 0 Å². The van der Waals surface area contributed by atoms with Crippen molar-refractivity contribution in [3.63, 3.8) is 0 Å². The molecule has 0 amide bonds. The van der Waals surface area contributed by atoms with Gasteiger partial charge in [-0.1, -0.05) is 6.92 Å². The Kier molecular flexibility index (Phi) is 2.25. The van der Waals surface area contributed by atoms with E-state index < -0.39 is 0 Å².